The zero-order valence-corrected chi connectivity index (χ0v) is 14.8. The molecule has 8 heteroatoms. The highest BCUT2D eigenvalue weighted by Crippen LogP contribution is 2.35. The number of methoxy groups -OCH3 is 1. The van der Waals surface area contributed by atoms with Crippen molar-refractivity contribution in [2.24, 2.45) is 0 Å². The Morgan fingerprint density at radius 2 is 2.08 bits per heavy atom. The smallest absolute Gasteiger partial charge is 0.249 e. The van der Waals surface area contributed by atoms with Crippen LogP contribution in [0.4, 0.5) is 0 Å². The number of benzene rings is 1. The monoisotopic (exact) mass is 351 g/mol. The Morgan fingerprint density at radius 3 is 2.75 bits per heavy atom. The van der Waals surface area contributed by atoms with E-state index in [-0.39, 0.29) is 10.9 Å². The highest BCUT2D eigenvalue weighted by atomic mass is 32.2. The number of sulfonamides is 1. The van der Waals surface area contributed by atoms with Crippen molar-refractivity contribution in [3.63, 3.8) is 0 Å². The fourth-order valence-corrected chi connectivity index (χ4v) is 5.04. The number of nitrogens with one attached hydrogen (secondary N) is 1. The van der Waals surface area contributed by atoms with Crippen LogP contribution in [-0.4, -0.2) is 44.6 Å². The summed E-state index contributed by atoms with van der Waals surface area (Å²) in [6.45, 7) is 4.74. The Kier molecular flexibility index (Phi) is 4.62. The first-order valence-electron chi connectivity index (χ1n) is 7.75. The average Bonchev–Trinajstić information content (AvgIpc) is 2.94. The van der Waals surface area contributed by atoms with Crippen LogP contribution in [0.15, 0.2) is 33.7 Å². The predicted molar refractivity (Wildman–Crippen MR) is 88.5 cm³/mol. The maximum atomic E-state index is 13.2. The molecule has 1 atom stereocenters. The number of nitrogens with zero attached hydrogens (tertiary/aromatic N) is 2. The van der Waals surface area contributed by atoms with Gasteiger partial charge in [-0.25, -0.2) is 8.42 Å². The van der Waals surface area contributed by atoms with Gasteiger partial charge in [0.05, 0.1) is 13.2 Å². The van der Waals surface area contributed by atoms with E-state index < -0.39 is 10.0 Å². The molecule has 0 spiro atoms. The lowest BCUT2D eigenvalue weighted by molar-refractivity contribution is 0.264. The average molecular weight is 351 g/mol. The second-order valence-corrected chi connectivity index (χ2v) is 7.56. The summed E-state index contributed by atoms with van der Waals surface area (Å²) in [5.74, 6) is 0.981. The van der Waals surface area contributed by atoms with Crippen LogP contribution in [0.1, 0.15) is 23.1 Å². The number of ether oxygens (including phenoxy) is 1. The first-order chi connectivity index (χ1) is 11.5. The van der Waals surface area contributed by atoms with E-state index in [1.54, 1.807) is 21.0 Å². The third kappa shape index (κ3) is 2.81. The number of hydrogen-bond donors (Lipinski definition) is 1. The molecule has 1 aromatic carbocycles. The highest BCUT2D eigenvalue weighted by molar-refractivity contribution is 7.89. The molecule has 1 unspecified atom stereocenters. The highest BCUT2D eigenvalue weighted by Gasteiger charge is 2.38. The van der Waals surface area contributed by atoms with Gasteiger partial charge in [-0.05, 0) is 19.9 Å². The minimum absolute atomic E-state index is 0.157. The van der Waals surface area contributed by atoms with E-state index in [9.17, 15) is 8.42 Å². The van der Waals surface area contributed by atoms with Gasteiger partial charge in [-0.2, -0.15) is 4.31 Å². The molecule has 24 heavy (non-hydrogen) atoms. The van der Waals surface area contributed by atoms with Gasteiger partial charge in [-0.15, -0.1) is 0 Å². The van der Waals surface area contributed by atoms with Crippen LogP contribution in [0.2, 0.25) is 0 Å². The van der Waals surface area contributed by atoms with Gasteiger partial charge >= 0.3 is 0 Å². The molecule has 0 aliphatic carbocycles. The van der Waals surface area contributed by atoms with Gasteiger partial charge < -0.3 is 14.6 Å². The minimum atomic E-state index is -3.72. The molecule has 1 aromatic heterocycles. The molecule has 2 aromatic rings. The van der Waals surface area contributed by atoms with Crippen molar-refractivity contribution in [2.75, 3.05) is 26.7 Å². The number of hydrogen-bond acceptors (Lipinski definition) is 6. The van der Waals surface area contributed by atoms with Crippen molar-refractivity contribution < 1.29 is 17.7 Å². The van der Waals surface area contributed by atoms with Gasteiger partial charge in [-0.3, -0.25) is 0 Å². The Balaban J connectivity index is 2.07. The number of rotatable bonds is 4. The summed E-state index contributed by atoms with van der Waals surface area (Å²) in [5.41, 5.74) is 1.22. The van der Waals surface area contributed by atoms with E-state index in [0.717, 1.165) is 5.56 Å². The third-order valence-corrected chi connectivity index (χ3v) is 6.38. The Bertz CT molecular complexity index is 812. The maximum Gasteiger partial charge on any atom is 0.249 e. The summed E-state index contributed by atoms with van der Waals surface area (Å²) in [5, 5.41) is 7.05. The summed E-state index contributed by atoms with van der Waals surface area (Å²) >= 11 is 0. The van der Waals surface area contributed by atoms with Gasteiger partial charge in [0.2, 0.25) is 10.0 Å². The van der Waals surface area contributed by atoms with Crippen molar-refractivity contribution in [1.82, 2.24) is 14.8 Å². The van der Waals surface area contributed by atoms with Crippen LogP contribution in [0.3, 0.4) is 0 Å². The molecular formula is C16H21N3O4S. The molecule has 0 amide bonds. The summed E-state index contributed by atoms with van der Waals surface area (Å²) in [6, 6.07) is 7.13. The zero-order chi connectivity index (χ0) is 17.3. The molecule has 2 heterocycles. The molecule has 7 nitrogen and oxygen atoms in total. The Hall–Kier alpha value is -1.90. The SMILES string of the molecule is COc1ccccc1C1CNCCN1S(=O)(=O)c1c(C)noc1C. The lowest BCUT2D eigenvalue weighted by Gasteiger charge is -2.35. The quantitative estimate of drug-likeness (QED) is 0.901. The Labute approximate surface area is 141 Å². The zero-order valence-electron chi connectivity index (χ0n) is 13.9. The molecule has 1 aliphatic rings. The first-order valence-corrected chi connectivity index (χ1v) is 9.19. The molecule has 0 radical (unpaired) electrons. The number of piperazine rings is 1. The molecule has 1 N–H and O–H groups in total. The minimum Gasteiger partial charge on any atom is -0.496 e. The van der Waals surface area contributed by atoms with Crippen LogP contribution < -0.4 is 10.1 Å². The molecule has 0 saturated carbocycles. The standard InChI is InChI=1S/C16H21N3O4S/c1-11-16(12(2)23-18-11)24(20,21)19-9-8-17-10-14(19)13-6-4-5-7-15(13)22-3/h4-7,14,17H,8-10H2,1-3H3. The Morgan fingerprint density at radius 1 is 1.33 bits per heavy atom. The van der Waals surface area contributed by atoms with E-state index in [2.05, 4.69) is 10.5 Å². The van der Waals surface area contributed by atoms with Crippen LogP contribution in [0, 0.1) is 13.8 Å². The number of aromatic nitrogens is 1. The summed E-state index contributed by atoms with van der Waals surface area (Å²) in [4.78, 5) is 0.157. The number of aryl methyl sites for hydroxylation is 2. The molecule has 1 saturated heterocycles. The second-order valence-electron chi connectivity index (χ2n) is 5.73. The van der Waals surface area contributed by atoms with E-state index in [1.165, 1.54) is 4.31 Å². The molecule has 1 aliphatic heterocycles. The third-order valence-electron chi connectivity index (χ3n) is 4.23. The van der Waals surface area contributed by atoms with Crippen molar-refractivity contribution in [3.8, 4) is 5.75 Å². The lowest BCUT2D eigenvalue weighted by Crippen LogP contribution is -2.48. The van der Waals surface area contributed by atoms with Crippen molar-refractivity contribution in [3.05, 3.63) is 41.3 Å². The molecule has 0 bridgehead atoms. The molecule has 130 valence electrons. The second kappa shape index (κ2) is 6.54. The van der Waals surface area contributed by atoms with Gasteiger partial charge in [-0.1, -0.05) is 23.4 Å². The van der Waals surface area contributed by atoms with E-state index in [0.29, 0.717) is 36.8 Å². The fraction of sp³-hybridized carbons (Fsp3) is 0.438. The maximum absolute atomic E-state index is 13.2. The first kappa shape index (κ1) is 16.9. The van der Waals surface area contributed by atoms with Crippen LogP contribution in [0.25, 0.3) is 0 Å². The van der Waals surface area contributed by atoms with Gasteiger partial charge in [0.1, 0.15) is 16.3 Å². The predicted octanol–water partition coefficient (Wildman–Crippen LogP) is 1.64. The van der Waals surface area contributed by atoms with E-state index in [1.807, 2.05) is 24.3 Å². The van der Waals surface area contributed by atoms with Gasteiger partial charge in [0, 0.05) is 25.2 Å². The summed E-state index contributed by atoms with van der Waals surface area (Å²) in [7, 11) is -2.14. The van der Waals surface area contributed by atoms with E-state index in [4.69, 9.17) is 9.26 Å². The van der Waals surface area contributed by atoms with Crippen LogP contribution >= 0.6 is 0 Å². The van der Waals surface area contributed by atoms with Gasteiger partial charge in [0.25, 0.3) is 0 Å². The summed E-state index contributed by atoms with van der Waals surface area (Å²) in [6.07, 6.45) is 0. The fourth-order valence-electron chi connectivity index (χ4n) is 3.14. The number of para-hydroxylation sites is 1. The van der Waals surface area contributed by atoms with E-state index >= 15 is 0 Å². The lowest BCUT2D eigenvalue weighted by atomic mass is 10.0. The molecule has 3 rings (SSSR count). The van der Waals surface area contributed by atoms with Crippen molar-refractivity contribution >= 4 is 10.0 Å². The topological polar surface area (TPSA) is 84.7 Å². The summed E-state index contributed by atoms with van der Waals surface area (Å²) < 4.78 is 38.4. The van der Waals surface area contributed by atoms with Crippen molar-refractivity contribution in [2.45, 2.75) is 24.8 Å². The van der Waals surface area contributed by atoms with Crippen LogP contribution in [0.5, 0.6) is 5.75 Å². The van der Waals surface area contributed by atoms with Gasteiger partial charge in [0.15, 0.2) is 5.76 Å². The molecular weight excluding hydrogens is 330 g/mol. The normalized spacial score (nSPS) is 19.4. The molecule has 1 fully saturated rings. The largest absolute Gasteiger partial charge is 0.496 e. The van der Waals surface area contributed by atoms with Crippen molar-refractivity contribution in [1.29, 1.82) is 0 Å². The van der Waals surface area contributed by atoms with Crippen LogP contribution in [-0.2, 0) is 10.0 Å².